The summed E-state index contributed by atoms with van der Waals surface area (Å²) in [5, 5.41) is 2.69. The molecule has 7 heteroatoms. The monoisotopic (exact) mass is 345 g/mol. The first-order valence-electron chi connectivity index (χ1n) is 7.53. The number of anilines is 1. The first-order valence-corrected chi connectivity index (χ1v) is 7.53. The van der Waals surface area contributed by atoms with E-state index in [9.17, 15) is 23.2 Å². The highest BCUT2D eigenvalue weighted by molar-refractivity contribution is 6.01. The molecular formula is C18H13F2NO4. The number of amides is 1. The molecule has 1 N–H and O–H groups in total. The first-order chi connectivity index (χ1) is 12.0. The highest BCUT2D eigenvalue weighted by Crippen LogP contribution is 2.24. The van der Waals surface area contributed by atoms with Crippen molar-refractivity contribution in [2.24, 2.45) is 0 Å². The third-order valence-electron chi connectivity index (χ3n) is 3.82. The molecule has 0 fully saturated rings. The van der Waals surface area contributed by atoms with E-state index in [2.05, 4.69) is 5.32 Å². The summed E-state index contributed by atoms with van der Waals surface area (Å²) >= 11 is 0. The SMILES string of the molecule is O=C1CCc2cc(C(=O)COC(=O)c3c(F)cccc3F)ccc2N1. The number of Topliss-reactive ketones (excluding diaryl/α,β-unsaturated/α-hetero) is 1. The number of benzene rings is 2. The van der Waals surface area contributed by atoms with Gasteiger partial charge >= 0.3 is 5.97 Å². The average Bonchev–Trinajstić information content (AvgIpc) is 2.59. The van der Waals surface area contributed by atoms with E-state index in [1.165, 1.54) is 6.07 Å². The number of nitrogens with one attached hydrogen (secondary N) is 1. The van der Waals surface area contributed by atoms with Crippen LogP contribution in [-0.2, 0) is 16.0 Å². The van der Waals surface area contributed by atoms with E-state index >= 15 is 0 Å². The van der Waals surface area contributed by atoms with Gasteiger partial charge < -0.3 is 10.1 Å². The topological polar surface area (TPSA) is 72.5 Å². The molecule has 0 saturated heterocycles. The lowest BCUT2D eigenvalue weighted by Crippen LogP contribution is -2.20. The fourth-order valence-electron chi connectivity index (χ4n) is 2.54. The van der Waals surface area contributed by atoms with E-state index in [4.69, 9.17) is 4.74 Å². The van der Waals surface area contributed by atoms with Gasteiger partial charge in [0.15, 0.2) is 12.4 Å². The minimum Gasteiger partial charge on any atom is -0.454 e. The summed E-state index contributed by atoms with van der Waals surface area (Å²) < 4.78 is 31.7. The molecule has 0 unspecified atom stereocenters. The molecule has 0 atom stereocenters. The Morgan fingerprint density at radius 2 is 1.80 bits per heavy atom. The van der Waals surface area contributed by atoms with Crippen LogP contribution in [0.4, 0.5) is 14.5 Å². The molecule has 0 spiro atoms. The van der Waals surface area contributed by atoms with E-state index in [1.807, 2.05) is 0 Å². The highest BCUT2D eigenvalue weighted by atomic mass is 19.1. The van der Waals surface area contributed by atoms with E-state index in [0.717, 1.165) is 23.8 Å². The summed E-state index contributed by atoms with van der Waals surface area (Å²) in [7, 11) is 0. The third kappa shape index (κ3) is 3.55. The van der Waals surface area contributed by atoms with Crippen LogP contribution >= 0.6 is 0 Å². The number of ether oxygens (including phenoxy) is 1. The normalized spacial score (nSPS) is 13.0. The van der Waals surface area contributed by atoms with Gasteiger partial charge in [0.1, 0.15) is 17.2 Å². The Labute approximate surface area is 141 Å². The molecule has 5 nitrogen and oxygen atoms in total. The molecule has 1 amide bonds. The quantitative estimate of drug-likeness (QED) is 0.683. The molecule has 0 bridgehead atoms. The van der Waals surface area contributed by atoms with Gasteiger partial charge in [-0.2, -0.15) is 0 Å². The van der Waals surface area contributed by atoms with Crippen LogP contribution in [0.25, 0.3) is 0 Å². The van der Waals surface area contributed by atoms with Crippen LogP contribution in [-0.4, -0.2) is 24.3 Å². The second-order valence-corrected chi connectivity index (χ2v) is 5.52. The van der Waals surface area contributed by atoms with Gasteiger partial charge in [-0.05, 0) is 42.3 Å². The zero-order valence-electron chi connectivity index (χ0n) is 13.0. The maximum Gasteiger partial charge on any atom is 0.344 e. The summed E-state index contributed by atoms with van der Waals surface area (Å²) in [6, 6.07) is 7.67. The number of halogens is 2. The molecule has 3 rings (SSSR count). The van der Waals surface area contributed by atoms with E-state index < -0.39 is 35.6 Å². The van der Waals surface area contributed by atoms with Crippen molar-refractivity contribution in [3.63, 3.8) is 0 Å². The molecular weight excluding hydrogens is 332 g/mol. The van der Waals surface area contributed by atoms with Crippen LogP contribution in [0.1, 0.15) is 32.7 Å². The zero-order chi connectivity index (χ0) is 18.0. The van der Waals surface area contributed by atoms with Crippen LogP contribution in [0, 0.1) is 11.6 Å². The van der Waals surface area contributed by atoms with Crippen LogP contribution < -0.4 is 5.32 Å². The van der Waals surface area contributed by atoms with Crippen molar-refractivity contribution in [3.05, 3.63) is 64.7 Å². The Bertz CT molecular complexity index is 859. The summed E-state index contributed by atoms with van der Waals surface area (Å²) in [5.41, 5.74) is 0.898. The van der Waals surface area contributed by atoms with E-state index in [0.29, 0.717) is 18.5 Å². The standard InChI is InChI=1S/C18H13F2NO4/c19-12-2-1-3-13(20)17(12)18(24)25-9-15(22)11-4-6-14-10(8-11)5-7-16(23)21-14/h1-4,6,8H,5,7,9H2,(H,21,23). The second-order valence-electron chi connectivity index (χ2n) is 5.52. The third-order valence-corrected chi connectivity index (χ3v) is 3.82. The van der Waals surface area contributed by atoms with E-state index in [-0.39, 0.29) is 11.5 Å². The number of carbonyl (C=O) groups excluding carboxylic acids is 3. The van der Waals surface area contributed by atoms with Crippen LogP contribution in [0.5, 0.6) is 0 Å². The van der Waals surface area contributed by atoms with Gasteiger partial charge in [0, 0.05) is 17.7 Å². The van der Waals surface area contributed by atoms with Crippen molar-refractivity contribution < 1.29 is 27.9 Å². The minimum absolute atomic E-state index is 0.0904. The van der Waals surface area contributed by atoms with Gasteiger partial charge in [-0.3, -0.25) is 9.59 Å². The number of hydrogen-bond acceptors (Lipinski definition) is 4. The van der Waals surface area contributed by atoms with Gasteiger partial charge in [-0.1, -0.05) is 6.07 Å². The lowest BCUT2D eigenvalue weighted by Gasteiger charge is -2.17. The summed E-state index contributed by atoms with van der Waals surface area (Å²) in [4.78, 5) is 35.3. The molecule has 1 aliphatic heterocycles. The van der Waals surface area contributed by atoms with Crippen LogP contribution in [0.2, 0.25) is 0 Å². The summed E-state index contributed by atoms with van der Waals surface area (Å²) in [5.74, 6) is -3.95. The van der Waals surface area contributed by atoms with Gasteiger partial charge in [0.2, 0.25) is 5.91 Å². The molecule has 0 saturated carbocycles. The predicted octanol–water partition coefficient (Wildman–Crippen LogP) is 2.89. The van der Waals surface area contributed by atoms with Gasteiger partial charge in [0.05, 0.1) is 0 Å². The van der Waals surface area contributed by atoms with Gasteiger partial charge in [-0.25, -0.2) is 13.6 Å². The number of ketones is 1. The number of rotatable bonds is 4. The number of fused-ring (bicyclic) bond motifs is 1. The van der Waals surface area contributed by atoms with Gasteiger partial charge in [-0.15, -0.1) is 0 Å². The molecule has 1 aliphatic rings. The molecule has 2 aromatic carbocycles. The molecule has 2 aromatic rings. The molecule has 25 heavy (non-hydrogen) atoms. The lowest BCUT2D eigenvalue weighted by molar-refractivity contribution is -0.116. The Morgan fingerprint density at radius 3 is 2.52 bits per heavy atom. The number of esters is 1. The summed E-state index contributed by atoms with van der Waals surface area (Å²) in [6.07, 6.45) is 0.828. The first kappa shape index (κ1) is 16.8. The molecule has 128 valence electrons. The number of aryl methyl sites for hydroxylation is 1. The fourth-order valence-corrected chi connectivity index (χ4v) is 2.54. The Kier molecular flexibility index (Phi) is 4.56. The van der Waals surface area contributed by atoms with Gasteiger partial charge in [0.25, 0.3) is 0 Å². The molecule has 0 radical (unpaired) electrons. The number of hydrogen-bond donors (Lipinski definition) is 1. The molecule has 0 aliphatic carbocycles. The minimum atomic E-state index is -1.24. The van der Waals surface area contributed by atoms with Crippen molar-refractivity contribution in [3.8, 4) is 0 Å². The Hall–Kier alpha value is -3.09. The Morgan fingerprint density at radius 1 is 1.08 bits per heavy atom. The van der Waals surface area contributed by atoms with E-state index in [1.54, 1.807) is 12.1 Å². The maximum absolute atomic E-state index is 13.5. The van der Waals surface area contributed by atoms with Crippen molar-refractivity contribution in [1.29, 1.82) is 0 Å². The van der Waals surface area contributed by atoms with Crippen molar-refractivity contribution in [2.75, 3.05) is 11.9 Å². The zero-order valence-corrected chi connectivity index (χ0v) is 13.0. The number of carbonyl (C=O) groups is 3. The largest absolute Gasteiger partial charge is 0.454 e. The average molecular weight is 345 g/mol. The fraction of sp³-hybridized carbons (Fsp3) is 0.167. The van der Waals surface area contributed by atoms with Crippen LogP contribution in [0.15, 0.2) is 36.4 Å². The molecule has 1 heterocycles. The molecule has 0 aromatic heterocycles. The second kappa shape index (κ2) is 6.80. The van der Waals surface area contributed by atoms with Crippen molar-refractivity contribution >= 4 is 23.3 Å². The maximum atomic E-state index is 13.5. The lowest BCUT2D eigenvalue weighted by atomic mass is 9.99. The summed E-state index contributed by atoms with van der Waals surface area (Å²) in [6.45, 7) is -0.641. The smallest absolute Gasteiger partial charge is 0.344 e. The van der Waals surface area contributed by atoms with Crippen molar-refractivity contribution in [2.45, 2.75) is 12.8 Å². The highest BCUT2D eigenvalue weighted by Gasteiger charge is 2.21. The van der Waals surface area contributed by atoms with Crippen molar-refractivity contribution in [1.82, 2.24) is 0 Å². The predicted molar refractivity (Wildman–Crippen MR) is 84.4 cm³/mol. The van der Waals surface area contributed by atoms with Crippen LogP contribution in [0.3, 0.4) is 0 Å². The Balaban J connectivity index is 1.69.